The molecule has 0 saturated heterocycles. The molecule has 0 saturated carbocycles. The Labute approximate surface area is 182 Å². The maximum Gasteiger partial charge on any atom is 0.294 e. The first-order valence-corrected chi connectivity index (χ1v) is 11.3. The van der Waals surface area contributed by atoms with E-state index < -0.39 is 10.1 Å². The van der Waals surface area contributed by atoms with Crippen molar-refractivity contribution < 1.29 is 22.1 Å². The van der Waals surface area contributed by atoms with Gasteiger partial charge < -0.3 is 14.9 Å². The zero-order valence-corrected chi connectivity index (χ0v) is 18.5. The van der Waals surface area contributed by atoms with Gasteiger partial charge in [0.15, 0.2) is 0 Å². The number of benzene rings is 1. The van der Waals surface area contributed by atoms with Crippen LogP contribution in [0.1, 0.15) is 31.0 Å². The highest BCUT2D eigenvalue weighted by Crippen LogP contribution is 2.16. The summed E-state index contributed by atoms with van der Waals surface area (Å²) in [6, 6.07) is 9.67. The van der Waals surface area contributed by atoms with Crippen LogP contribution in [0.4, 0.5) is 4.39 Å². The third kappa shape index (κ3) is 7.78. The highest BCUT2D eigenvalue weighted by atomic mass is 32.2. The molecule has 0 spiro atoms. The predicted molar refractivity (Wildman–Crippen MR) is 119 cm³/mol. The predicted octanol–water partition coefficient (Wildman–Crippen LogP) is 4.11. The second-order valence-electron chi connectivity index (χ2n) is 7.01. The molecule has 0 aliphatic rings. The van der Waals surface area contributed by atoms with Gasteiger partial charge >= 0.3 is 0 Å². The highest BCUT2D eigenvalue weighted by molar-refractivity contribution is 7.85. The molecule has 3 N–H and O–H groups in total. The summed E-state index contributed by atoms with van der Waals surface area (Å²) in [6.45, 7) is 4.32. The molecule has 2 aromatic heterocycles. The summed E-state index contributed by atoms with van der Waals surface area (Å²) in [4.78, 5) is 4.48. The molecule has 3 aromatic rings. The molecule has 3 rings (SSSR count). The molecule has 0 fully saturated rings. The first kappa shape index (κ1) is 24.5. The van der Waals surface area contributed by atoms with Crippen LogP contribution in [0.3, 0.4) is 0 Å². The molecule has 7 nitrogen and oxygen atoms in total. The minimum atomic E-state index is -4.02. The van der Waals surface area contributed by atoms with Crippen molar-refractivity contribution in [1.82, 2.24) is 9.38 Å². The highest BCUT2D eigenvalue weighted by Gasteiger charge is 2.07. The van der Waals surface area contributed by atoms with E-state index in [0.29, 0.717) is 17.7 Å². The van der Waals surface area contributed by atoms with E-state index in [1.54, 1.807) is 12.1 Å². The van der Waals surface area contributed by atoms with Crippen LogP contribution >= 0.6 is 0 Å². The van der Waals surface area contributed by atoms with Crippen LogP contribution in [0.2, 0.25) is 0 Å². The van der Waals surface area contributed by atoms with Crippen LogP contribution in [0.5, 0.6) is 5.75 Å². The number of ether oxygens (including phenoxy) is 1. The number of halogens is 1. The first-order valence-electron chi connectivity index (χ1n) is 9.89. The van der Waals surface area contributed by atoms with Gasteiger partial charge in [-0.15, -0.1) is 0 Å². The number of aryl methyl sites for hydroxylation is 2. The fourth-order valence-corrected chi connectivity index (χ4v) is 3.09. The maximum atomic E-state index is 12.4. The Hall–Kier alpha value is -2.75. The molecule has 0 unspecified atom stereocenters. The van der Waals surface area contributed by atoms with Crippen LogP contribution < -0.4 is 10.5 Å². The number of hydrogen-bond donors (Lipinski definition) is 2. The van der Waals surface area contributed by atoms with Gasteiger partial charge in [-0.3, -0.25) is 4.55 Å². The van der Waals surface area contributed by atoms with E-state index >= 15 is 0 Å². The van der Waals surface area contributed by atoms with Gasteiger partial charge in [0, 0.05) is 30.6 Å². The van der Waals surface area contributed by atoms with Crippen LogP contribution in [-0.2, 0) is 16.5 Å². The van der Waals surface area contributed by atoms with Gasteiger partial charge in [0.25, 0.3) is 10.1 Å². The number of pyridine rings is 1. The van der Waals surface area contributed by atoms with Gasteiger partial charge in [-0.1, -0.05) is 31.0 Å². The van der Waals surface area contributed by atoms with Gasteiger partial charge in [-0.05, 0) is 38.0 Å². The van der Waals surface area contributed by atoms with Crippen molar-refractivity contribution in [2.24, 2.45) is 5.73 Å². The Morgan fingerprint density at radius 3 is 2.58 bits per heavy atom. The molecule has 0 atom stereocenters. The Morgan fingerprint density at radius 1 is 1.29 bits per heavy atom. The number of aromatic nitrogens is 2. The average molecular weight is 450 g/mol. The second kappa shape index (κ2) is 11.6. The topological polar surface area (TPSA) is 107 Å². The summed E-state index contributed by atoms with van der Waals surface area (Å²) in [5.41, 5.74) is 8.69. The number of hydrogen-bond acceptors (Lipinski definition) is 5. The van der Waals surface area contributed by atoms with Crippen molar-refractivity contribution >= 4 is 15.8 Å². The largest absolute Gasteiger partial charge is 0.489 e. The quantitative estimate of drug-likeness (QED) is 0.501. The van der Waals surface area contributed by atoms with Crippen LogP contribution in [-0.4, -0.2) is 35.5 Å². The van der Waals surface area contributed by atoms with E-state index in [0.717, 1.165) is 36.2 Å². The average Bonchev–Trinajstić information content (AvgIpc) is 3.15. The van der Waals surface area contributed by atoms with E-state index in [-0.39, 0.29) is 18.0 Å². The van der Waals surface area contributed by atoms with E-state index in [1.807, 2.05) is 35.9 Å². The molecule has 0 bridgehead atoms. The zero-order chi connectivity index (χ0) is 22.9. The van der Waals surface area contributed by atoms with Crippen LogP contribution in [0.15, 0.2) is 65.6 Å². The van der Waals surface area contributed by atoms with E-state index in [9.17, 15) is 12.8 Å². The summed E-state index contributed by atoms with van der Waals surface area (Å²) < 4.78 is 49.4. The summed E-state index contributed by atoms with van der Waals surface area (Å²) in [5.74, 6) is 0.665. The smallest absolute Gasteiger partial charge is 0.294 e. The maximum absolute atomic E-state index is 12.4. The number of imidazole rings is 1. The molecule has 0 amide bonds. The molecule has 31 heavy (non-hydrogen) atoms. The Balaban J connectivity index is 0.000000262. The van der Waals surface area contributed by atoms with E-state index in [4.69, 9.17) is 15.0 Å². The van der Waals surface area contributed by atoms with Gasteiger partial charge in [0.05, 0.1) is 16.9 Å². The molecular weight excluding hydrogens is 421 g/mol. The number of nitrogens with two attached hydrogens (primary N) is 1. The van der Waals surface area contributed by atoms with Crippen LogP contribution in [0, 0.1) is 6.92 Å². The molecule has 1 aromatic carbocycles. The van der Waals surface area contributed by atoms with Crippen molar-refractivity contribution in [2.45, 2.75) is 38.0 Å². The van der Waals surface area contributed by atoms with Crippen molar-refractivity contribution in [2.75, 3.05) is 13.2 Å². The van der Waals surface area contributed by atoms with E-state index in [2.05, 4.69) is 11.9 Å². The molecule has 0 aliphatic heterocycles. The van der Waals surface area contributed by atoms with Crippen molar-refractivity contribution in [3.63, 3.8) is 0 Å². The van der Waals surface area contributed by atoms with Gasteiger partial charge in [-0.2, -0.15) is 8.42 Å². The Morgan fingerprint density at radius 2 is 2.00 bits per heavy atom. The molecule has 9 heteroatoms. The lowest BCUT2D eigenvalue weighted by molar-refractivity contribution is 0.347. The van der Waals surface area contributed by atoms with Gasteiger partial charge in [0.2, 0.25) is 0 Å². The van der Waals surface area contributed by atoms with Crippen LogP contribution in [0.25, 0.3) is 5.65 Å². The second-order valence-corrected chi connectivity index (χ2v) is 8.43. The summed E-state index contributed by atoms with van der Waals surface area (Å²) in [5, 5.41) is 0. The minimum absolute atomic E-state index is 0.0666. The zero-order valence-electron chi connectivity index (χ0n) is 17.7. The lowest BCUT2D eigenvalue weighted by Crippen LogP contribution is -2.10. The Kier molecular flexibility index (Phi) is 9.17. The lowest BCUT2D eigenvalue weighted by atomic mass is 10.2. The van der Waals surface area contributed by atoms with Crippen molar-refractivity contribution in [3.05, 3.63) is 72.0 Å². The third-order valence-electron chi connectivity index (χ3n) is 4.43. The molecule has 2 heterocycles. The molecule has 168 valence electrons. The number of unbranched alkanes of at least 4 members (excludes halogenated alkanes) is 1. The van der Waals surface area contributed by atoms with E-state index in [1.165, 1.54) is 12.1 Å². The number of fused-ring (bicyclic) bond motifs is 1. The van der Waals surface area contributed by atoms with Gasteiger partial charge in [0.1, 0.15) is 18.0 Å². The first-order chi connectivity index (χ1) is 14.8. The normalized spacial score (nSPS) is 11.8. The molecular formula is C22H28FN3O4S. The molecule has 0 radical (unpaired) electrons. The monoisotopic (exact) mass is 449 g/mol. The summed E-state index contributed by atoms with van der Waals surface area (Å²) in [7, 11) is -4.02. The lowest BCUT2D eigenvalue weighted by Gasteiger charge is -2.07. The molecule has 0 aliphatic carbocycles. The SMILES string of the molecule is CCCCc1cn2ccc(OC/C(=C/F)CN)cc2n1.Cc1ccc(S(=O)(=O)O)cc1. The fraction of sp³-hybridized carbons (Fsp3) is 0.318. The summed E-state index contributed by atoms with van der Waals surface area (Å²) in [6.07, 6.45) is 7.69. The minimum Gasteiger partial charge on any atom is -0.489 e. The van der Waals surface area contributed by atoms with Gasteiger partial charge in [-0.25, -0.2) is 9.37 Å². The van der Waals surface area contributed by atoms with Crippen molar-refractivity contribution in [1.29, 1.82) is 0 Å². The number of rotatable bonds is 8. The Bertz CT molecular complexity index is 1110. The summed E-state index contributed by atoms with van der Waals surface area (Å²) >= 11 is 0. The fourth-order valence-electron chi connectivity index (χ4n) is 2.61. The third-order valence-corrected chi connectivity index (χ3v) is 5.30. The standard InChI is InChI=1S/C15H20FN3O.C7H8O3S/c1-2-3-4-13-10-19-6-5-14(7-15(19)18-13)20-11-12(8-16)9-17;1-6-2-4-7(5-3-6)11(8,9)10/h5-8,10H,2-4,9,11,17H2,1H3;2-5H,1H3,(H,8,9,10)/b12-8+;. The number of nitrogens with zero attached hydrogens (tertiary/aromatic N) is 2. The van der Waals surface area contributed by atoms with Crippen molar-refractivity contribution in [3.8, 4) is 5.75 Å².